The van der Waals surface area contributed by atoms with E-state index in [4.69, 9.17) is 10.00 Å². The van der Waals surface area contributed by atoms with Crippen molar-refractivity contribution in [2.45, 2.75) is 12.6 Å². The Balaban J connectivity index is 2.01. The maximum absolute atomic E-state index is 8.97. The smallest absolute Gasteiger partial charge is 0.122 e. The summed E-state index contributed by atoms with van der Waals surface area (Å²) in [7, 11) is 0. The van der Waals surface area contributed by atoms with Crippen LogP contribution in [-0.2, 0) is 11.3 Å². The van der Waals surface area contributed by atoms with E-state index in [-0.39, 0.29) is 6.04 Å². The average Bonchev–Trinajstić information content (AvgIpc) is 2.31. The molecule has 0 amide bonds. The second-order valence-electron chi connectivity index (χ2n) is 3.68. The van der Waals surface area contributed by atoms with Crippen LogP contribution in [0.15, 0.2) is 30.3 Å². The number of benzene rings is 1. The highest BCUT2D eigenvalue weighted by molar-refractivity contribution is 5.15. The number of hydrogen-bond acceptors (Lipinski definition) is 3. The van der Waals surface area contributed by atoms with Crippen molar-refractivity contribution in [2.75, 3.05) is 19.8 Å². The summed E-state index contributed by atoms with van der Waals surface area (Å²) in [6.07, 6.45) is 0. The minimum absolute atomic E-state index is 0.0982. The first-order chi connectivity index (χ1) is 7.40. The van der Waals surface area contributed by atoms with Crippen LogP contribution < -0.4 is 0 Å². The number of nitriles is 1. The molecule has 1 aliphatic rings. The zero-order chi connectivity index (χ0) is 10.5. The van der Waals surface area contributed by atoms with Gasteiger partial charge in [-0.3, -0.25) is 4.90 Å². The number of morpholine rings is 1. The molecule has 3 nitrogen and oxygen atoms in total. The Bertz CT molecular complexity index is 344. The molecule has 3 heteroatoms. The molecule has 1 aliphatic heterocycles. The van der Waals surface area contributed by atoms with Gasteiger partial charge in [-0.25, -0.2) is 0 Å². The second kappa shape index (κ2) is 4.92. The lowest BCUT2D eigenvalue weighted by Gasteiger charge is -2.31. The molecule has 0 spiro atoms. The Hall–Kier alpha value is -1.37. The monoisotopic (exact) mass is 202 g/mol. The third kappa shape index (κ3) is 2.56. The minimum atomic E-state index is -0.0982. The van der Waals surface area contributed by atoms with E-state index in [1.54, 1.807) is 0 Å². The van der Waals surface area contributed by atoms with Crippen molar-refractivity contribution in [3.8, 4) is 6.07 Å². The lowest BCUT2D eigenvalue weighted by Crippen LogP contribution is -2.43. The Morgan fingerprint density at radius 3 is 2.93 bits per heavy atom. The lowest BCUT2D eigenvalue weighted by atomic mass is 10.1. The number of ether oxygens (including phenoxy) is 1. The van der Waals surface area contributed by atoms with E-state index in [0.29, 0.717) is 6.61 Å². The van der Waals surface area contributed by atoms with E-state index < -0.39 is 0 Å². The van der Waals surface area contributed by atoms with Crippen molar-refractivity contribution >= 4 is 0 Å². The molecule has 2 rings (SSSR count). The highest BCUT2D eigenvalue weighted by Crippen LogP contribution is 2.11. The molecular weight excluding hydrogens is 188 g/mol. The van der Waals surface area contributed by atoms with Gasteiger partial charge >= 0.3 is 0 Å². The maximum atomic E-state index is 8.97. The van der Waals surface area contributed by atoms with Crippen molar-refractivity contribution in [1.82, 2.24) is 4.90 Å². The summed E-state index contributed by atoms with van der Waals surface area (Å²) in [6, 6.07) is 12.4. The predicted octanol–water partition coefficient (Wildman–Crippen LogP) is 1.41. The predicted molar refractivity (Wildman–Crippen MR) is 57.1 cm³/mol. The van der Waals surface area contributed by atoms with Gasteiger partial charge in [-0.1, -0.05) is 30.3 Å². The first-order valence-electron chi connectivity index (χ1n) is 5.15. The molecule has 0 saturated carbocycles. The fourth-order valence-corrected chi connectivity index (χ4v) is 1.76. The normalized spacial score (nSPS) is 22.2. The molecule has 0 N–H and O–H groups in total. The summed E-state index contributed by atoms with van der Waals surface area (Å²) < 4.78 is 5.28. The van der Waals surface area contributed by atoms with Crippen LogP contribution in [0.25, 0.3) is 0 Å². The van der Waals surface area contributed by atoms with Crippen LogP contribution in [-0.4, -0.2) is 30.7 Å². The number of rotatable bonds is 2. The van der Waals surface area contributed by atoms with Gasteiger partial charge in [-0.2, -0.15) is 5.26 Å². The van der Waals surface area contributed by atoms with Crippen LogP contribution in [0.1, 0.15) is 5.56 Å². The summed E-state index contributed by atoms with van der Waals surface area (Å²) in [5.74, 6) is 0. The molecule has 1 fully saturated rings. The van der Waals surface area contributed by atoms with Crippen molar-refractivity contribution in [3.63, 3.8) is 0 Å². The molecule has 1 aromatic rings. The summed E-state index contributed by atoms with van der Waals surface area (Å²) in [6.45, 7) is 2.93. The van der Waals surface area contributed by atoms with Gasteiger partial charge in [0.05, 0.1) is 19.3 Å². The molecule has 0 bridgehead atoms. The summed E-state index contributed by atoms with van der Waals surface area (Å²) in [4.78, 5) is 2.17. The molecule has 15 heavy (non-hydrogen) atoms. The fraction of sp³-hybridized carbons (Fsp3) is 0.417. The van der Waals surface area contributed by atoms with Gasteiger partial charge in [0.2, 0.25) is 0 Å². The molecular formula is C12H14N2O. The molecule has 0 aliphatic carbocycles. The average molecular weight is 202 g/mol. The summed E-state index contributed by atoms with van der Waals surface area (Å²) in [5.41, 5.74) is 1.25. The molecule has 78 valence electrons. The minimum Gasteiger partial charge on any atom is -0.377 e. The van der Waals surface area contributed by atoms with Gasteiger partial charge in [-0.15, -0.1) is 0 Å². The Labute approximate surface area is 89.9 Å². The van der Waals surface area contributed by atoms with Crippen LogP contribution in [0, 0.1) is 11.3 Å². The zero-order valence-corrected chi connectivity index (χ0v) is 8.60. The largest absolute Gasteiger partial charge is 0.377 e. The van der Waals surface area contributed by atoms with Gasteiger partial charge in [0.1, 0.15) is 6.04 Å². The molecule has 1 atom stereocenters. The molecule has 1 unspecified atom stereocenters. The van der Waals surface area contributed by atoms with Crippen LogP contribution in [0.2, 0.25) is 0 Å². The highest BCUT2D eigenvalue weighted by atomic mass is 16.5. The van der Waals surface area contributed by atoms with Crippen LogP contribution in [0.5, 0.6) is 0 Å². The summed E-state index contributed by atoms with van der Waals surface area (Å²) in [5, 5.41) is 8.97. The van der Waals surface area contributed by atoms with Gasteiger partial charge < -0.3 is 4.74 Å². The Morgan fingerprint density at radius 2 is 2.20 bits per heavy atom. The fourth-order valence-electron chi connectivity index (χ4n) is 1.76. The Morgan fingerprint density at radius 1 is 1.40 bits per heavy atom. The van der Waals surface area contributed by atoms with Gasteiger partial charge in [-0.05, 0) is 5.56 Å². The molecule has 1 aromatic carbocycles. The Kier molecular flexibility index (Phi) is 3.33. The van der Waals surface area contributed by atoms with E-state index in [1.165, 1.54) is 5.56 Å². The third-order valence-electron chi connectivity index (χ3n) is 2.62. The van der Waals surface area contributed by atoms with Crippen molar-refractivity contribution in [3.05, 3.63) is 35.9 Å². The molecule has 0 aromatic heterocycles. The van der Waals surface area contributed by atoms with E-state index >= 15 is 0 Å². The first kappa shape index (κ1) is 10.2. The lowest BCUT2D eigenvalue weighted by molar-refractivity contribution is 0.00889. The van der Waals surface area contributed by atoms with Crippen LogP contribution in [0.3, 0.4) is 0 Å². The van der Waals surface area contributed by atoms with E-state index in [2.05, 4.69) is 23.1 Å². The van der Waals surface area contributed by atoms with Crippen molar-refractivity contribution in [1.29, 1.82) is 5.26 Å². The molecule has 1 heterocycles. The van der Waals surface area contributed by atoms with Crippen LogP contribution in [0.4, 0.5) is 0 Å². The quantitative estimate of drug-likeness (QED) is 0.727. The number of nitrogens with zero attached hydrogens (tertiary/aromatic N) is 2. The SMILES string of the molecule is N#CC1COCCN1Cc1ccccc1. The zero-order valence-electron chi connectivity index (χ0n) is 8.60. The molecule has 0 radical (unpaired) electrons. The standard InChI is InChI=1S/C12H14N2O/c13-8-12-10-15-7-6-14(12)9-11-4-2-1-3-5-11/h1-5,12H,6-7,9-10H2. The number of hydrogen-bond donors (Lipinski definition) is 0. The summed E-state index contributed by atoms with van der Waals surface area (Å²) >= 11 is 0. The highest BCUT2D eigenvalue weighted by Gasteiger charge is 2.22. The molecule has 1 saturated heterocycles. The maximum Gasteiger partial charge on any atom is 0.122 e. The third-order valence-corrected chi connectivity index (χ3v) is 2.62. The van der Waals surface area contributed by atoms with E-state index in [1.807, 2.05) is 18.2 Å². The van der Waals surface area contributed by atoms with E-state index in [9.17, 15) is 0 Å². The van der Waals surface area contributed by atoms with Gasteiger partial charge in [0, 0.05) is 13.1 Å². The first-order valence-corrected chi connectivity index (χ1v) is 5.15. The van der Waals surface area contributed by atoms with Crippen molar-refractivity contribution in [2.24, 2.45) is 0 Å². The van der Waals surface area contributed by atoms with Gasteiger partial charge in [0.15, 0.2) is 0 Å². The van der Waals surface area contributed by atoms with E-state index in [0.717, 1.165) is 19.7 Å². The second-order valence-corrected chi connectivity index (χ2v) is 3.68. The van der Waals surface area contributed by atoms with Gasteiger partial charge in [0.25, 0.3) is 0 Å². The van der Waals surface area contributed by atoms with Crippen LogP contribution >= 0.6 is 0 Å². The van der Waals surface area contributed by atoms with Crippen molar-refractivity contribution < 1.29 is 4.74 Å². The topological polar surface area (TPSA) is 36.3 Å².